The van der Waals surface area contributed by atoms with Gasteiger partial charge in [0.2, 0.25) is 0 Å². The average Bonchev–Trinajstić information content (AvgIpc) is 2.43. The first-order valence-corrected chi connectivity index (χ1v) is 7.13. The zero-order chi connectivity index (χ0) is 14.7. The summed E-state index contributed by atoms with van der Waals surface area (Å²) < 4.78 is 0. The predicted octanol–water partition coefficient (Wildman–Crippen LogP) is 3.35. The van der Waals surface area contributed by atoms with E-state index >= 15 is 0 Å². The molecule has 1 unspecified atom stereocenters. The lowest BCUT2D eigenvalue weighted by molar-refractivity contribution is 0.648. The summed E-state index contributed by atoms with van der Waals surface area (Å²) in [7, 11) is 0. The summed E-state index contributed by atoms with van der Waals surface area (Å²) in [5.74, 6) is 0.873. The van der Waals surface area contributed by atoms with Crippen molar-refractivity contribution in [2.24, 2.45) is 5.73 Å². The van der Waals surface area contributed by atoms with E-state index in [0.29, 0.717) is 0 Å². The zero-order valence-corrected chi connectivity index (χ0v) is 12.8. The molecule has 1 aromatic heterocycles. The molecule has 0 spiro atoms. The van der Waals surface area contributed by atoms with Gasteiger partial charge in [-0.25, -0.2) is 9.97 Å². The molecule has 1 heterocycles. The standard InChI is InChI=1S/C17H23N3/c1-11-5-7-15(14(4)13(11)3)16-9-10-19-17(20-16)8-6-12(2)18/h5,7,9-10,12H,6,8,18H2,1-4H3. The van der Waals surface area contributed by atoms with Gasteiger partial charge in [-0.3, -0.25) is 0 Å². The summed E-state index contributed by atoms with van der Waals surface area (Å²) in [4.78, 5) is 9.02. The molecule has 3 heteroatoms. The molecule has 1 aromatic carbocycles. The smallest absolute Gasteiger partial charge is 0.129 e. The molecule has 0 aliphatic heterocycles. The summed E-state index contributed by atoms with van der Waals surface area (Å²) in [6, 6.07) is 6.47. The molecule has 0 aliphatic carbocycles. The highest BCUT2D eigenvalue weighted by molar-refractivity contribution is 5.65. The Balaban J connectivity index is 2.34. The van der Waals surface area contributed by atoms with Crippen LogP contribution in [0.2, 0.25) is 0 Å². The summed E-state index contributed by atoms with van der Waals surface area (Å²) in [5, 5.41) is 0. The second-order valence-corrected chi connectivity index (χ2v) is 5.55. The molecule has 20 heavy (non-hydrogen) atoms. The van der Waals surface area contributed by atoms with Crippen LogP contribution >= 0.6 is 0 Å². The summed E-state index contributed by atoms with van der Waals surface area (Å²) in [6.45, 7) is 8.46. The Kier molecular flexibility index (Phi) is 4.50. The minimum Gasteiger partial charge on any atom is -0.328 e. The van der Waals surface area contributed by atoms with Gasteiger partial charge in [0, 0.05) is 24.2 Å². The van der Waals surface area contributed by atoms with Gasteiger partial charge >= 0.3 is 0 Å². The van der Waals surface area contributed by atoms with E-state index in [2.05, 4.69) is 42.9 Å². The number of benzene rings is 1. The normalized spacial score (nSPS) is 12.4. The molecule has 0 saturated carbocycles. The highest BCUT2D eigenvalue weighted by Gasteiger charge is 2.08. The summed E-state index contributed by atoms with van der Waals surface area (Å²) >= 11 is 0. The van der Waals surface area contributed by atoms with Gasteiger partial charge in [0.25, 0.3) is 0 Å². The van der Waals surface area contributed by atoms with E-state index in [1.165, 1.54) is 22.3 Å². The quantitative estimate of drug-likeness (QED) is 0.926. The Morgan fingerprint density at radius 1 is 1.10 bits per heavy atom. The second-order valence-electron chi connectivity index (χ2n) is 5.55. The predicted molar refractivity (Wildman–Crippen MR) is 83.6 cm³/mol. The van der Waals surface area contributed by atoms with Gasteiger partial charge in [0.05, 0.1) is 5.69 Å². The Morgan fingerprint density at radius 2 is 1.85 bits per heavy atom. The van der Waals surface area contributed by atoms with Crippen molar-refractivity contribution >= 4 is 0 Å². The van der Waals surface area contributed by atoms with E-state index in [-0.39, 0.29) is 6.04 Å². The molecule has 0 bridgehead atoms. The lowest BCUT2D eigenvalue weighted by Gasteiger charge is -2.11. The molecule has 2 N–H and O–H groups in total. The second kappa shape index (κ2) is 6.14. The molecule has 2 rings (SSSR count). The maximum Gasteiger partial charge on any atom is 0.129 e. The molecule has 3 nitrogen and oxygen atoms in total. The SMILES string of the molecule is Cc1ccc(-c2ccnc(CCC(C)N)n2)c(C)c1C. The number of aromatic nitrogens is 2. The third-order valence-electron chi connectivity index (χ3n) is 3.86. The van der Waals surface area contributed by atoms with Crippen LogP contribution < -0.4 is 5.73 Å². The van der Waals surface area contributed by atoms with Crippen LogP contribution in [0.3, 0.4) is 0 Å². The molecule has 2 aromatic rings. The minimum absolute atomic E-state index is 0.186. The van der Waals surface area contributed by atoms with Crippen LogP contribution in [0, 0.1) is 20.8 Å². The van der Waals surface area contributed by atoms with Crippen LogP contribution in [0.5, 0.6) is 0 Å². The van der Waals surface area contributed by atoms with E-state index in [4.69, 9.17) is 5.73 Å². The summed E-state index contributed by atoms with van der Waals surface area (Å²) in [5.41, 5.74) is 11.9. The van der Waals surface area contributed by atoms with Crippen LogP contribution in [-0.4, -0.2) is 16.0 Å². The Hall–Kier alpha value is -1.74. The van der Waals surface area contributed by atoms with E-state index in [9.17, 15) is 0 Å². The molecular weight excluding hydrogens is 246 g/mol. The topological polar surface area (TPSA) is 51.8 Å². The molecule has 106 valence electrons. The van der Waals surface area contributed by atoms with Crippen LogP contribution in [-0.2, 0) is 6.42 Å². The maximum atomic E-state index is 5.79. The lowest BCUT2D eigenvalue weighted by Crippen LogP contribution is -2.16. The van der Waals surface area contributed by atoms with Crippen molar-refractivity contribution in [1.29, 1.82) is 0 Å². The average molecular weight is 269 g/mol. The van der Waals surface area contributed by atoms with E-state index in [1.54, 1.807) is 0 Å². The number of hydrogen-bond donors (Lipinski definition) is 1. The third kappa shape index (κ3) is 3.23. The van der Waals surface area contributed by atoms with Gasteiger partial charge in [-0.15, -0.1) is 0 Å². The molecule has 0 radical (unpaired) electrons. The molecule has 0 amide bonds. The van der Waals surface area contributed by atoms with Gasteiger partial charge in [-0.2, -0.15) is 0 Å². The van der Waals surface area contributed by atoms with Crippen molar-refractivity contribution in [3.8, 4) is 11.3 Å². The monoisotopic (exact) mass is 269 g/mol. The highest BCUT2D eigenvalue weighted by atomic mass is 14.9. The van der Waals surface area contributed by atoms with Gasteiger partial charge in [-0.1, -0.05) is 12.1 Å². The van der Waals surface area contributed by atoms with E-state index in [0.717, 1.165) is 24.4 Å². The van der Waals surface area contributed by atoms with Crippen molar-refractivity contribution in [3.63, 3.8) is 0 Å². The highest BCUT2D eigenvalue weighted by Crippen LogP contribution is 2.25. The largest absolute Gasteiger partial charge is 0.328 e. The van der Waals surface area contributed by atoms with Crippen molar-refractivity contribution in [2.75, 3.05) is 0 Å². The maximum absolute atomic E-state index is 5.79. The Morgan fingerprint density at radius 3 is 2.55 bits per heavy atom. The first kappa shape index (κ1) is 14.7. The first-order chi connectivity index (χ1) is 9.49. The Labute approximate surface area is 121 Å². The zero-order valence-electron chi connectivity index (χ0n) is 12.8. The van der Waals surface area contributed by atoms with Crippen LogP contribution in [0.4, 0.5) is 0 Å². The molecule has 0 aliphatic rings. The third-order valence-corrected chi connectivity index (χ3v) is 3.86. The fourth-order valence-corrected chi connectivity index (χ4v) is 2.26. The first-order valence-electron chi connectivity index (χ1n) is 7.13. The van der Waals surface area contributed by atoms with Crippen molar-refractivity contribution < 1.29 is 0 Å². The summed E-state index contributed by atoms with van der Waals surface area (Å²) in [6.07, 6.45) is 3.58. The number of nitrogens with two attached hydrogens (primary N) is 1. The number of aryl methyl sites for hydroxylation is 2. The number of rotatable bonds is 4. The van der Waals surface area contributed by atoms with Crippen LogP contribution in [0.25, 0.3) is 11.3 Å². The van der Waals surface area contributed by atoms with Crippen LogP contribution in [0.15, 0.2) is 24.4 Å². The number of hydrogen-bond acceptors (Lipinski definition) is 3. The molecule has 0 fully saturated rings. The molecular formula is C17H23N3. The molecule has 1 atom stereocenters. The van der Waals surface area contributed by atoms with Gasteiger partial charge in [0.15, 0.2) is 0 Å². The Bertz CT molecular complexity index is 603. The fraction of sp³-hybridized carbons (Fsp3) is 0.412. The molecule has 0 saturated heterocycles. The van der Waals surface area contributed by atoms with Crippen molar-refractivity contribution in [3.05, 3.63) is 46.9 Å². The van der Waals surface area contributed by atoms with Gasteiger partial charge in [-0.05, 0) is 56.9 Å². The van der Waals surface area contributed by atoms with E-state index < -0.39 is 0 Å². The fourth-order valence-electron chi connectivity index (χ4n) is 2.26. The minimum atomic E-state index is 0.186. The van der Waals surface area contributed by atoms with E-state index in [1.807, 2.05) is 19.2 Å². The van der Waals surface area contributed by atoms with Gasteiger partial charge < -0.3 is 5.73 Å². The van der Waals surface area contributed by atoms with Crippen LogP contribution in [0.1, 0.15) is 35.9 Å². The van der Waals surface area contributed by atoms with Gasteiger partial charge in [0.1, 0.15) is 5.82 Å². The lowest BCUT2D eigenvalue weighted by atomic mass is 9.97. The number of nitrogens with zero attached hydrogens (tertiary/aromatic N) is 2. The van der Waals surface area contributed by atoms with Crippen molar-refractivity contribution in [1.82, 2.24) is 9.97 Å². The van der Waals surface area contributed by atoms with Crippen molar-refractivity contribution in [2.45, 2.75) is 46.6 Å².